The van der Waals surface area contributed by atoms with Crippen molar-refractivity contribution < 1.29 is 13.6 Å². The molecule has 5 heteroatoms. The van der Waals surface area contributed by atoms with Gasteiger partial charge in [0.05, 0.1) is 13.2 Å². The Kier molecular flexibility index (Phi) is 4.83. The Labute approximate surface area is 73.9 Å². The SMILES string of the molecule is COC(=S)C[Si](C)(OC)OC. The van der Waals surface area contributed by atoms with Crippen molar-refractivity contribution in [3.63, 3.8) is 0 Å². The standard InChI is InChI=1S/C6H14O3SSi/c1-7-6(10)5-11(4,8-2)9-3/h5H2,1-4H3. The van der Waals surface area contributed by atoms with Crippen LogP contribution in [0.25, 0.3) is 0 Å². The van der Waals surface area contributed by atoms with Crippen molar-refractivity contribution in [1.82, 2.24) is 0 Å². The number of ether oxygens (including phenoxy) is 1. The van der Waals surface area contributed by atoms with Gasteiger partial charge in [-0.2, -0.15) is 0 Å². The van der Waals surface area contributed by atoms with Gasteiger partial charge >= 0.3 is 8.56 Å². The molecule has 11 heavy (non-hydrogen) atoms. The number of thiocarbonyl (C=S) groups is 1. The van der Waals surface area contributed by atoms with Crippen LogP contribution in [0.1, 0.15) is 0 Å². The molecule has 0 rings (SSSR count). The van der Waals surface area contributed by atoms with Crippen LogP contribution in [-0.2, 0) is 13.6 Å². The van der Waals surface area contributed by atoms with Crippen molar-refractivity contribution in [2.75, 3.05) is 21.3 Å². The molecule has 0 amide bonds. The molecule has 0 radical (unpaired) electrons. The highest BCUT2D eigenvalue weighted by Crippen LogP contribution is 2.12. The third-order valence-electron chi connectivity index (χ3n) is 1.56. The number of rotatable bonds is 4. The third kappa shape index (κ3) is 3.81. The predicted octanol–water partition coefficient (Wildman–Crippen LogP) is 1.32. The van der Waals surface area contributed by atoms with Gasteiger partial charge < -0.3 is 13.6 Å². The second kappa shape index (κ2) is 4.81. The molecule has 0 saturated carbocycles. The van der Waals surface area contributed by atoms with Gasteiger partial charge in [0.25, 0.3) is 0 Å². The molecule has 0 aliphatic heterocycles. The molecule has 0 aromatic heterocycles. The number of methoxy groups -OCH3 is 1. The lowest BCUT2D eigenvalue weighted by atomic mass is 10.8. The first kappa shape index (κ1) is 11.0. The summed E-state index contributed by atoms with van der Waals surface area (Å²) in [7, 11) is 2.78. The summed E-state index contributed by atoms with van der Waals surface area (Å²) in [6.45, 7) is 1.94. The first-order valence-corrected chi connectivity index (χ1v) is 6.18. The van der Waals surface area contributed by atoms with E-state index >= 15 is 0 Å². The lowest BCUT2D eigenvalue weighted by Crippen LogP contribution is -2.38. The molecule has 0 aliphatic carbocycles. The van der Waals surface area contributed by atoms with Crippen LogP contribution in [0.5, 0.6) is 0 Å². The van der Waals surface area contributed by atoms with Gasteiger partial charge in [-0.25, -0.2) is 0 Å². The Morgan fingerprint density at radius 1 is 1.27 bits per heavy atom. The van der Waals surface area contributed by atoms with E-state index in [2.05, 4.69) is 0 Å². The van der Waals surface area contributed by atoms with Crippen molar-refractivity contribution >= 4 is 25.8 Å². The number of hydrogen-bond acceptors (Lipinski definition) is 4. The van der Waals surface area contributed by atoms with Crippen molar-refractivity contribution in [3.8, 4) is 0 Å². The Morgan fingerprint density at radius 2 is 1.73 bits per heavy atom. The first-order valence-electron chi connectivity index (χ1n) is 3.25. The fourth-order valence-electron chi connectivity index (χ4n) is 0.562. The zero-order chi connectivity index (χ0) is 8.91. The topological polar surface area (TPSA) is 27.7 Å². The van der Waals surface area contributed by atoms with E-state index in [1.807, 2.05) is 6.55 Å². The highest BCUT2D eigenvalue weighted by atomic mass is 32.1. The van der Waals surface area contributed by atoms with Crippen LogP contribution in [-0.4, -0.2) is 34.9 Å². The average molecular weight is 194 g/mol. The summed E-state index contributed by atoms with van der Waals surface area (Å²) < 4.78 is 15.3. The molecular formula is C6H14O3SSi. The largest absolute Gasteiger partial charge is 0.490 e. The molecule has 0 unspecified atom stereocenters. The van der Waals surface area contributed by atoms with Crippen LogP contribution >= 0.6 is 12.2 Å². The molecule has 0 fully saturated rings. The van der Waals surface area contributed by atoms with E-state index in [4.69, 9.17) is 25.8 Å². The van der Waals surface area contributed by atoms with E-state index in [0.29, 0.717) is 11.1 Å². The molecular weight excluding hydrogens is 180 g/mol. The van der Waals surface area contributed by atoms with E-state index in [1.165, 1.54) is 0 Å². The molecule has 0 atom stereocenters. The van der Waals surface area contributed by atoms with Crippen LogP contribution in [0.4, 0.5) is 0 Å². The third-order valence-corrected chi connectivity index (χ3v) is 4.81. The van der Waals surface area contributed by atoms with Crippen molar-refractivity contribution in [1.29, 1.82) is 0 Å². The van der Waals surface area contributed by atoms with E-state index in [9.17, 15) is 0 Å². The number of hydrogen-bond donors (Lipinski definition) is 0. The van der Waals surface area contributed by atoms with E-state index in [1.54, 1.807) is 21.3 Å². The molecule has 0 aliphatic rings. The van der Waals surface area contributed by atoms with Crippen molar-refractivity contribution in [3.05, 3.63) is 0 Å². The minimum Gasteiger partial charge on any atom is -0.490 e. The van der Waals surface area contributed by atoms with Gasteiger partial charge in [-0.15, -0.1) is 0 Å². The fraction of sp³-hybridized carbons (Fsp3) is 0.833. The smallest absolute Gasteiger partial charge is 0.343 e. The molecule has 66 valence electrons. The molecule has 0 heterocycles. The van der Waals surface area contributed by atoms with Gasteiger partial charge in [0.1, 0.15) is 0 Å². The van der Waals surface area contributed by atoms with E-state index in [0.717, 1.165) is 0 Å². The van der Waals surface area contributed by atoms with Crippen LogP contribution in [0, 0.1) is 0 Å². The minimum atomic E-state index is -2.05. The molecule has 0 spiro atoms. The molecule has 0 saturated heterocycles. The van der Waals surface area contributed by atoms with Gasteiger partial charge in [0.15, 0.2) is 5.05 Å². The summed E-state index contributed by atoms with van der Waals surface area (Å²) in [6.07, 6.45) is 0. The van der Waals surface area contributed by atoms with E-state index < -0.39 is 8.56 Å². The van der Waals surface area contributed by atoms with E-state index in [-0.39, 0.29) is 0 Å². The van der Waals surface area contributed by atoms with Crippen molar-refractivity contribution in [2.24, 2.45) is 0 Å². The Morgan fingerprint density at radius 3 is 2.00 bits per heavy atom. The fourth-order valence-corrected chi connectivity index (χ4v) is 2.47. The molecule has 0 aromatic carbocycles. The summed E-state index contributed by atoms with van der Waals surface area (Å²) in [4.78, 5) is 0. The lowest BCUT2D eigenvalue weighted by molar-refractivity contribution is 0.252. The monoisotopic (exact) mass is 194 g/mol. The Hall–Kier alpha value is 0.0269. The maximum atomic E-state index is 5.21. The maximum absolute atomic E-state index is 5.21. The second-order valence-electron chi connectivity index (χ2n) is 2.29. The molecule has 0 aromatic rings. The molecule has 0 bridgehead atoms. The highest BCUT2D eigenvalue weighted by molar-refractivity contribution is 7.80. The van der Waals surface area contributed by atoms with Gasteiger partial charge in [-0.1, -0.05) is 0 Å². The quantitative estimate of drug-likeness (QED) is 0.498. The first-order chi connectivity index (χ1) is 5.08. The summed E-state index contributed by atoms with van der Waals surface area (Å²) in [5, 5.41) is 0.544. The van der Waals surface area contributed by atoms with Crippen LogP contribution in [0.3, 0.4) is 0 Å². The normalized spacial score (nSPS) is 11.3. The summed E-state index contributed by atoms with van der Waals surface area (Å²) in [5.41, 5.74) is 0. The van der Waals surface area contributed by atoms with Crippen LogP contribution in [0.2, 0.25) is 12.6 Å². The Bertz CT molecular complexity index is 136. The zero-order valence-corrected chi connectivity index (χ0v) is 9.16. The lowest BCUT2D eigenvalue weighted by Gasteiger charge is -2.21. The summed E-state index contributed by atoms with van der Waals surface area (Å²) >= 11 is 4.89. The maximum Gasteiger partial charge on any atom is 0.343 e. The molecule has 3 nitrogen and oxygen atoms in total. The Balaban J connectivity index is 3.96. The summed E-state index contributed by atoms with van der Waals surface area (Å²) in [5.74, 6) is 0. The van der Waals surface area contributed by atoms with Gasteiger partial charge in [-0.3, -0.25) is 0 Å². The summed E-state index contributed by atoms with van der Waals surface area (Å²) in [6, 6.07) is 0.603. The van der Waals surface area contributed by atoms with Crippen molar-refractivity contribution in [2.45, 2.75) is 12.6 Å². The van der Waals surface area contributed by atoms with Gasteiger partial charge in [-0.05, 0) is 18.8 Å². The zero-order valence-electron chi connectivity index (χ0n) is 7.34. The predicted molar refractivity (Wildman–Crippen MR) is 50.1 cm³/mol. The minimum absolute atomic E-state index is 0.544. The highest BCUT2D eigenvalue weighted by Gasteiger charge is 2.30. The molecule has 0 N–H and O–H groups in total. The van der Waals surface area contributed by atoms with Crippen LogP contribution < -0.4 is 0 Å². The van der Waals surface area contributed by atoms with Crippen LogP contribution in [0.15, 0.2) is 0 Å². The average Bonchev–Trinajstić information content (AvgIpc) is 2.04. The van der Waals surface area contributed by atoms with Gasteiger partial charge in [0, 0.05) is 14.2 Å². The van der Waals surface area contributed by atoms with Gasteiger partial charge in [0.2, 0.25) is 0 Å². The second-order valence-corrected chi connectivity index (χ2v) is 6.19.